The number of hydrogen-bond acceptors (Lipinski definition) is 3. The lowest BCUT2D eigenvalue weighted by atomic mass is 10.1. The van der Waals surface area contributed by atoms with E-state index in [4.69, 9.17) is 4.74 Å². The smallest absolute Gasteiger partial charge is 0.236 e. The molecule has 13 heavy (non-hydrogen) atoms. The van der Waals surface area contributed by atoms with E-state index in [0.717, 1.165) is 13.0 Å². The van der Waals surface area contributed by atoms with Crippen molar-refractivity contribution in [2.24, 2.45) is 0 Å². The second-order valence-corrected chi connectivity index (χ2v) is 3.47. The third kappa shape index (κ3) is 2.67. The Labute approximate surface area is 79.0 Å². The Morgan fingerprint density at radius 3 is 2.77 bits per heavy atom. The number of rotatable bonds is 3. The van der Waals surface area contributed by atoms with Gasteiger partial charge in [-0.15, -0.1) is 0 Å². The van der Waals surface area contributed by atoms with E-state index in [1.165, 1.54) is 0 Å². The second kappa shape index (κ2) is 4.58. The molecule has 0 radical (unpaired) electrons. The van der Waals surface area contributed by atoms with Crippen LogP contribution in [0.3, 0.4) is 0 Å². The minimum Gasteiger partial charge on any atom is -0.377 e. The van der Waals surface area contributed by atoms with Crippen LogP contribution >= 0.6 is 0 Å². The number of likely N-dealkylation sites (N-methyl/N-ethyl adjacent to an activating group) is 1. The Balaban J connectivity index is 2.34. The molecule has 0 saturated carbocycles. The molecule has 3 atom stereocenters. The Bertz CT molecular complexity index is 184. The van der Waals surface area contributed by atoms with Gasteiger partial charge in [0.25, 0.3) is 0 Å². The maximum absolute atomic E-state index is 11.2. The molecule has 1 aliphatic rings. The minimum absolute atomic E-state index is 0.0269. The molecule has 1 fully saturated rings. The molecular formula is C9H18N2O2. The lowest BCUT2D eigenvalue weighted by Crippen LogP contribution is -2.47. The van der Waals surface area contributed by atoms with Crippen molar-refractivity contribution in [3.05, 3.63) is 0 Å². The quantitative estimate of drug-likeness (QED) is 0.646. The lowest BCUT2D eigenvalue weighted by molar-refractivity contribution is -0.122. The summed E-state index contributed by atoms with van der Waals surface area (Å²) in [6, 6.07) is 0.173. The molecule has 3 unspecified atom stereocenters. The fraction of sp³-hybridized carbons (Fsp3) is 0.889. The normalized spacial score (nSPS) is 30.1. The van der Waals surface area contributed by atoms with Gasteiger partial charge in [-0.2, -0.15) is 0 Å². The number of ether oxygens (including phenoxy) is 1. The van der Waals surface area contributed by atoms with Crippen molar-refractivity contribution in [3.8, 4) is 0 Å². The first-order chi connectivity index (χ1) is 6.15. The SMILES string of the molecule is CNC(=O)C(C)NC1CCOC1C. The summed E-state index contributed by atoms with van der Waals surface area (Å²) in [5.74, 6) is 0.0269. The molecule has 0 aromatic heterocycles. The van der Waals surface area contributed by atoms with Crippen molar-refractivity contribution in [1.82, 2.24) is 10.6 Å². The number of carbonyl (C=O) groups excluding carboxylic acids is 1. The van der Waals surface area contributed by atoms with Crippen LogP contribution in [0.15, 0.2) is 0 Å². The molecule has 4 nitrogen and oxygen atoms in total. The third-order valence-electron chi connectivity index (χ3n) is 2.48. The van der Waals surface area contributed by atoms with E-state index in [1.807, 2.05) is 13.8 Å². The maximum Gasteiger partial charge on any atom is 0.236 e. The lowest BCUT2D eigenvalue weighted by Gasteiger charge is -2.20. The molecule has 1 amide bonds. The molecule has 2 N–H and O–H groups in total. The van der Waals surface area contributed by atoms with Gasteiger partial charge in [-0.3, -0.25) is 4.79 Å². The van der Waals surface area contributed by atoms with E-state index >= 15 is 0 Å². The highest BCUT2D eigenvalue weighted by Crippen LogP contribution is 2.12. The largest absolute Gasteiger partial charge is 0.377 e. The van der Waals surface area contributed by atoms with Crippen molar-refractivity contribution in [2.45, 2.75) is 38.5 Å². The number of carbonyl (C=O) groups is 1. The van der Waals surface area contributed by atoms with Crippen LogP contribution in [0.2, 0.25) is 0 Å². The summed E-state index contributed by atoms with van der Waals surface area (Å²) in [5.41, 5.74) is 0. The first-order valence-corrected chi connectivity index (χ1v) is 4.74. The Morgan fingerprint density at radius 2 is 2.31 bits per heavy atom. The van der Waals surface area contributed by atoms with E-state index in [9.17, 15) is 4.79 Å². The van der Waals surface area contributed by atoms with E-state index in [-0.39, 0.29) is 18.1 Å². The van der Waals surface area contributed by atoms with E-state index < -0.39 is 0 Å². The van der Waals surface area contributed by atoms with Gasteiger partial charge < -0.3 is 15.4 Å². The van der Waals surface area contributed by atoms with Crippen molar-refractivity contribution >= 4 is 5.91 Å². The zero-order chi connectivity index (χ0) is 9.84. The van der Waals surface area contributed by atoms with Gasteiger partial charge in [-0.05, 0) is 20.3 Å². The summed E-state index contributed by atoms with van der Waals surface area (Å²) >= 11 is 0. The fourth-order valence-corrected chi connectivity index (χ4v) is 1.56. The van der Waals surface area contributed by atoms with Crippen LogP contribution in [0.5, 0.6) is 0 Å². The molecule has 0 aromatic rings. The standard InChI is InChI=1S/C9H18N2O2/c1-6(9(12)10-3)11-8-4-5-13-7(8)2/h6-8,11H,4-5H2,1-3H3,(H,10,12). The number of hydrogen-bond donors (Lipinski definition) is 2. The van der Waals surface area contributed by atoms with E-state index in [1.54, 1.807) is 7.05 Å². The van der Waals surface area contributed by atoms with Crippen molar-refractivity contribution in [3.63, 3.8) is 0 Å². The van der Waals surface area contributed by atoms with E-state index in [2.05, 4.69) is 10.6 Å². The van der Waals surface area contributed by atoms with Crippen LogP contribution in [0.1, 0.15) is 20.3 Å². The highest BCUT2D eigenvalue weighted by atomic mass is 16.5. The molecule has 76 valence electrons. The topological polar surface area (TPSA) is 50.4 Å². The van der Waals surface area contributed by atoms with Gasteiger partial charge in [-0.1, -0.05) is 0 Å². The molecule has 1 saturated heterocycles. The van der Waals surface area contributed by atoms with Crippen LogP contribution in [-0.4, -0.2) is 37.7 Å². The third-order valence-corrected chi connectivity index (χ3v) is 2.48. The molecule has 1 aliphatic heterocycles. The first kappa shape index (κ1) is 10.5. The Hall–Kier alpha value is -0.610. The first-order valence-electron chi connectivity index (χ1n) is 4.74. The van der Waals surface area contributed by atoms with Crippen molar-refractivity contribution in [1.29, 1.82) is 0 Å². The molecule has 0 spiro atoms. The summed E-state index contributed by atoms with van der Waals surface area (Å²) in [6.45, 7) is 4.68. The summed E-state index contributed by atoms with van der Waals surface area (Å²) in [4.78, 5) is 11.2. The van der Waals surface area contributed by atoms with Crippen LogP contribution in [0.4, 0.5) is 0 Å². The van der Waals surface area contributed by atoms with E-state index in [0.29, 0.717) is 6.04 Å². The molecule has 0 aliphatic carbocycles. The van der Waals surface area contributed by atoms with Gasteiger partial charge in [0.15, 0.2) is 0 Å². The van der Waals surface area contributed by atoms with Gasteiger partial charge in [0.05, 0.1) is 12.1 Å². The monoisotopic (exact) mass is 186 g/mol. The molecule has 1 heterocycles. The van der Waals surface area contributed by atoms with Gasteiger partial charge in [0.2, 0.25) is 5.91 Å². The van der Waals surface area contributed by atoms with Crippen molar-refractivity contribution < 1.29 is 9.53 Å². The summed E-state index contributed by atoms with van der Waals surface area (Å²) in [5, 5.41) is 5.85. The number of amides is 1. The average molecular weight is 186 g/mol. The fourth-order valence-electron chi connectivity index (χ4n) is 1.56. The molecule has 4 heteroatoms. The average Bonchev–Trinajstić information content (AvgIpc) is 2.50. The van der Waals surface area contributed by atoms with Crippen LogP contribution in [0, 0.1) is 0 Å². The van der Waals surface area contributed by atoms with Crippen LogP contribution in [0.25, 0.3) is 0 Å². The van der Waals surface area contributed by atoms with Gasteiger partial charge in [-0.25, -0.2) is 0 Å². The Morgan fingerprint density at radius 1 is 1.62 bits per heavy atom. The Kier molecular flexibility index (Phi) is 3.69. The number of nitrogens with one attached hydrogen (secondary N) is 2. The second-order valence-electron chi connectivity index (χ2n) is 3.47. The zero-order valence-corrected chi connectivity index (χ0v) is 8.46. The summed E-state index contributed by atoms with van der Waals surface area (Å²) in [7, 11) is 1.65. The van der Waals surface area contributed by atoms with Gasteiger partial charge in [0, 0.05) is 19.7 Å². The van der Waals surface area contributed by atoms with Crippen LogP contribution in [-0.2, 0) is 9.53 Å². The van der Waals surface area contributed by atoms with Gasteiger partial charge >= 0.3 is 0 Å². The van der Waals surface area contributed by atoms with Crippen molar-refractivity contribution in [2.75, 3.05) is 13.7 Å². The predicted molar refractivity (Wildman–Crippen MR) is 50.5 cm³/mol. The highest BCUT2D eigenvalue weighted by Gasteiger charge is 2.26. The molecule has 0 aromatic carbocycles. The van der Waals surface area contributed by atoms with Gasteiger partial charge in [0.1, 0.15) is 0 Å². The molecule has 1 rings (SSSR count). The summed E-state index contributed by atoms with van der Waals surface area (Å²) in [6.07, 6.45) is 1.20. The summed E-state index contributed by atoms with van der Waals surface area (Å²) < 4.78 is 5.39. The molecular weight excluding hydrogens is 168 g/mol. The molecule has 0 bridgehead atoms. The van der Waals surface area contributed by atoms with Crippen LogP contribution < -0.4 is 10.6 Å². The minimum atomic E-state index is -0.140. The maximum atomic E-state index is 11.2. The zero-order valence-electron chi connectivity index (χ0n) is 8.46. The highest BCUT2D eigenvalue weighted by molar-refractivity contribution is 5.80. The predicted octanol–water partition coefficient (Wildman–Crippen LogP) is -0.112.